The molecule has 598 valence electrons. The Morgan fingerprint density at radius 2 is 0.447 bits per heavy atom. The number of ketones is 1. The van der Waals surface area contributed by atoms with Gasteiger partial charge in [0.25, 0.3) is 0 Å². The third-order valence-corrected chi connectivity index (χ3v) is 25.4. The molecule has 0 unspecified atom stereocenters. The van der Waals surface area contributed by atoms with Crippen molar-refractivity contribution in [2.24, 2.45) is 0 Å². The lowest BCUT2D eigenvalue weighted by Gasteiger charge is -2.39. The highest BCUT2D eigenvalue weighted by Crippen LogP contribution is 2.57. The molecule has 0 amide bonds. The second-order valence-electron chi connectivity index (χ2n) is 31.8. The lowest BCUT2D eigenvalue weighted by molar-refractivity contribution is -0.288. The first kappa shape index (κ1) is 91.2. The van der Waals surface area contributed by atoms with Crippen molar-refractivity contribution in [3.63, 3.8) is 0 Å². The summed E-state index contributed by atoms with van der Waals surface area (Å²) >= 11 is 0. The summed E-state index contributed by atoms with van der Waals surface area (Å²) in [7, 11) is -4.44. The highest BCUT2D eigenvalue weighted by molar-refractivity contribution is 7.91. The highest BCUT2D eigenvalue weighted by Gasteiger charge is 2.72. The number of alkyl halides is 6. The molecule has 0 saturated heterocycles. The number of carbonyl (C=O) groups is 1. The molecule has 0 radical (unpaired) electrons. The average molecular weight is 1580 g/mol. The van der Waals surface area contributed by atoms with Crippen molar-refractivity contribution in [3.8, 4) is 0 Å². The Hall–Kier alpha value is -10.0. The minimum absolute atomic E-state index is 0.0342. The molecule has 0 spiro atoms. The normalized spacial score (nSPS) is 11.6. The zero-order chi connectivity index (χ0) is 84.9. The summed E-state index contributed by atoms with van der Waals surface area (Å²) in [5.41, 5.74) is 22.2. The third kappa shape index (κ3) is 22.3. The van der Waals surface area contributed by atoms with Gasteiger partial charge in [0, 0.05) is 31.7 Å². The average Bonchev–Trinajstić information content (AvgIpc) is 0.708. The van der Waals surface area contributed by atoms with Crippen molar-refractivity contribution in [1.29, 1.82) is 0 Å². The number of benzene rings is 12. The Morgan fingerprint density at radius 3 is 0.667 bits per heavy atom. The largest absolute Gasteiger partial charge is 0.411 e. The quantitative estimate of drug-likeness (QED) is 0.0903. The van der Waals surface area contributed by atoms with E-state index >= 15 is 0 Å². The van der Waals surface area contributed by atoms with Gasteiger partial charge in [-0.05, 0) is 287 Å². The molecule has 0 bridgehead atoms. The smallest absolute Gasteiger partial charge is 0.289 e. The molecule has 114 heavy (non-hydrogen) atoms. The highest BCUT2D eigenvalue weighted by atomic mass is 32.2. The van der Waals surface area contributed by atoms with Crippen molar-refractivity contribution in [2.45, 2.75) is 214 Å². The predicted molar refractivity (Wildman–Crippen MR) is 463 cm³/mol. The maximum atomic E-state index is 14.3. The van der Waals surface area contributed by atoms with Gasteiger partial charge in [-0.15, -0.1) is 0 Å². The molecule has 0 saturated carbocycles. The molecule has 0 aliphatic carbocycles. The number of sulfone groups is 1. The Balaban J connectivity index is 0.000000191. The van der Waals surface area contributed by atoms with E-state index in [-0.39, 0.29) is 16.6 Å². The van der Waals surface area contributed by atoms with Gasteiger partial charge in [0.1, 0.15) is 0 Å². The Bertz CT molecular complexity index is 4900. The summed E-state index contributed by atoms with van der Waals surface area (Å²) < 4.78 is 122. The van der Waals surface area contributed by atoms with Gasteiger partial charge >= 0.3 is 12.4 Å². The van der Waals surface area contributed by atoms with E-state index < -0.39 is 49.5 Å². The SMILES string of the molecule is Cc1cc(C(C)(C)c2cc(C)c(C)c(C)c2)cc(C)c1C.Cc1cc(C(c2cc(C)c(C)c(C)c2)(C(F)(F)F)C(F)(F)F)cc(C)c1C.Cc1ccc(C(=O)c2ccc(C)cc2)cc1.Cc1ccc(C(C)(C)c2ccc(C)cc2)cc1.Cc1ccc(S(=O)(=O)c2ccc(C)cc2)cc1.Cc1ccc(S(=O)c2ccc(C)cc2)cc1. The molecule has 0 atom stereocenters. The zero-order valence-electron chi connectivity index (χ0n) is 70.8. The van der Waals surface area contributed by atoms with Crippen LogP contribution in [0.25, 0.3) is 0 Å². The van der Waals surface area contributed by atoms with Crippen molar-refractivity contribution in [1.82, 2.24) is 0 Å². The minimum Gasteiger partial charge on any atom is -0.289 e. The molecule has 0 N–H and O–H groups in total. The van der Waals surface area contributed by atoms with E-state index in [0.717, 1.165) is 56.3 Å². The first-order valence-electron chi connectivity index (χ1n) is 38.3. The van der Waals surface area contributed by atoms with Crippen molar-refractivity contribution in [3.05, 3.63) is 398 Å². The number of rotatable bonds is 12. The molecule has 0 aliphatic rings. The second kappa shape index (κ2) is 38.0. The van der Waals surface area contributed by atoms with Gasteiger partial charge in [-0.1, -0.05) is 266 Å². The fraction of sp³-hybridized carbons (Fsp3) is 0.284. The van der Waals surface area contributed by atoms with Crippen LogP contribution in [0.2, 0.25) is 0 Å². The number of carbonyl (C=O) groups excluding carboxylic acids is 1. The van der Waals surface area contributed by atoms with Crippen molar-refractivity contribution in [2.75, 3.05) is 0 Å². The lowest BCUT2D eigenvalue weighted by Crippen LogP contribution is -2.55. The molecular weight excluding hydrogens is 1470 g/mol. The van der Waals surface area contributed by atoms with Crippen LogP contribution in [0.1, 0.15) is 188 Å². The predicted octanol–water partition coefficient (Wildman–Crippen LogP) is 27.6. The molecule has 0 aromatic heterocycles. The summed E-state index contributed by atoms with van der Waals surface area (Å²) in [5, 5.41) is 0. The van der Waals surface area contributed by atoms with Gasteiger partial charge in [0.2, 0.25) is 15.3 Å². The topological polar surface area (TPSA) is 68.3 Å². The van der Waals surface area contributed by atoms with Crippen molar-refractivity contribution >= 4 is 26.4 Å². The number of hydrogen-bond acceptors (Lipinski definition) is 4. The fourth-order valence-corrected chi connectivity index (χ4v) is 15.5. The second-order valence-corrected chi connectivity index (χ2v) is 35.2. The zero-order valence-corrected chi connectivity index (χ0v) is 72.4. The Kier molecular flexibility index (Phi) is 30.4. The monoisotopic (exact) mass is 1580 g/mol. The van der Waals surface area contributed by atoms with Gasteiger partial charge in [-0.3, -0.25) is 4.79 Å². The van der Waals surface area contributed by atoms with E-state index in [4.69, 9.17) is 0 Å². The van der Waals surface area contributed by atoms with Gasteiger partial charge in [0.15, 0.2) is 5.78 Å². The molecule has 4 nitrogen and oxygen atoms in total. The first-order chi connectivity index (χ1) is 53.1. The Labute approximate surface area is 678 Å². The molecule has 12 rings (SSSR count). The van der Waals surface area contributed by atoms with Crippen LogP contribution in [0.4, 0.5) is 26.3 Å². The van der Waals surface area contributed by atoms with Crippen LogP contribution in [0.3, 0.4) is 0 Å². The molecule has 12 heteroatoms. The van der Waals surface area contributed by atoms with Crippen LogP contribution in [0.5, 0.6) is 0 Å². The van der Waals surface area contributed by atoms with Crippen LogP contribution < -0.4 is 0 Å². The number of hydrogen-bond donors (Lipinski definition) is 0. The molecule has 0 aliphatic heterocycles. The summed E-state index contributed by atoms with van der Waals surface area (Å²) in [6, 6.07) is 75.9. The van der Waals surface area contributed by atoms with Crippen LogP contribution in [-0.4, -0.2) is 30.8 Å². The van der Waals surface area contributed by atoms with Crippen LogP contribution in [0.15, 0.2) is 262 Å². The summed E-state index contributed by atoms with van der Waals surface area (Å²) in [5.74, 6) is 0.0833. The minimum atomic E-state index is -5.56. The van der Waals surface area contributed by atoms with Gasteiger partial charge in [-0.25, -0.2) is 12.6 Å². The molecule has 12 aromatic carbocycles. The van der Waals surface area contributed by atoms with E-state index in [9.17, 15) is 43.8 Å². The molecule has 12 aromatic rings. The first-order valence-corrected chi connectivity index (χ1v) is 41.0. The van der Waals surface area contributed by atoms with Crippen LogP contribution in [0, 0.1) is 138 Å². The van der Waals surface area contributed by atoms with E-state index in [2.05, 4.69) is 156 Å². The van der Waals surface area contributed by atoms with Crippen LogP contribution >= 0.6 is 0 Å². The fourth-order valence-electron chi connectivity index (χ4n) is 13.2. The maximum Gasteiger partial charge on any atom is 0.411 e. The van der Waals surface area contributed by atoms with Gasteiger partial charge < -0.3 is 0 Å². The van der Waals surface area contributed by atoms with Gasteiger partial charge in [-0.2, -0.15) is 26.3 Å². The molecule has 0 heterocycles. The summed E-state index contributed by atoms with van der Waals surface area (Å²) in [6.45, 7) is 48.2. The number of aryl methyl sites for hydroxylation is 16. The Morgan fingerprint density at radius 1 is 0.263 bits per heavy atom. The van der Waals surface area contributed by atoms with E-state index in [0.29, 0.717) is 43.2 Å². The van der Waals surface area contributed by atoms with E-state index in [1.807, 2.05) is 139 Å². The number of halogens is 6. The maximum absolute atomic E-state index is 14.3. The van der Waals surface area contributed by atoms with Crippen molar-refractivity contribution < 1.29 is 43.8 Å². The third-order valence-electron chi connectivity index (χ3n) is 22.2. The molecular formula is C102H112F6O4S2. The van der Waals surface area contributed by atoms with E-state index in [1.165, 1.54) is 117 Å². The summed E-state index contributed by atoms with van der Waals surface area (Å²) in [6.07, 6.45) is -11.1. The van der Waals surface area contributed by atoms with E-state index in [1.54, 1.807) is 62.4 Å². The van der Waals surface area contributed by atoms with Crippen LogP contribution in [-0.2, 0) is 36.9 Å². The standard InChI is InChI=1S/C21H22F6.C21H28.C17H20.C15H14O.C14H14O2S.C14H14OS/c1-11-7-17(8-12(2)15(11)5)19(20(22,23)24,21(25,26)27)18-9-13(3)16(6)14(4)10-18;1-13-9-19(10-14(2)17(13)5)21(7,8)20-11-15(3)18(6)16(4)12-20;1-13-5-9-15(10-6-13)17(3,4)16-11-7-14(2)8-12-16;1-11-3-7-13(8-4-11)15(16)14-9-5-12(2)6-10-14;1-11-3-7-13(8-4-11)17(15,16)14-9-5-12(2)6-10-14;1-11-3-7-13(8-4-11)16(15)14-9-5-12(2)6-10-14/h7-10H,1-6H3;9-12H,1-8H3;5-12H,1-4H3;3-10H,1-2H3;3-10H,1-2H3;3-10H,1-2H3. The van der Waals surface area contributed by atoms with Gasteiger partial charge in [0.05, 0.1) is 20.6 Å². The summed E-state index contributed by atoms with van der Waals surface area (Å²) in [4.78, 5) is 14.5. The lowest BCUT2D eigenvalue weighted by atomic mass is 9.70. The molecule has 0 fully saturated rings.